The van der Waals surface area contributed by atoms with Crippen molar-refractivity contribution in [3.8, 4) is 5.88 Å². The summed E-state index contributed by atoms with van der Waals surface area (Å²) in [5, 5.41) is 3.33. The summed E-state index contributed by atoms with van der Waals surface area (Å²) in [7, 11) is 2.03. The first kappa shape index (κ1) is 11.5. The Kier molecular flexibility index (Phi) is 3.65. The summed E-state index contributed by atoms with van der Waals surface area (Å²) in [6.45, 7) is 3.33. The minimum Gasteiger partial charge on any atom is -0.476 e. The normalized spacial score (nSPS) is 10.2. The van der Waals surface area contributed by atoms with E-state index in [0.717, 1.165) is 12.2 Å². The maximum absolute atomic E-state index is 5.46. The highest BCUT2D eigenvalue weighted by Gasteiger charge is 2.04. The molecule has 0 amide bonds. The van der Waals surface area contributed by atoms with Crippen molar-refractivity contribution in [1.29, 1.82) is 0 Å². The SMILES string of the molecule is CCOc1ncccc1NCc1cccn1C. The lowest BCUT2D eigenvalue weighted by atomic mass is 10.3. The van der Waals surface area contributed by atoms with E-state index in [1.54, 1.807) is 6.20 Å². The predicted molar refractivity (Wildman–Crippen MR) is 68.1 cm³/mol. The van der Waals surface area contributed by atoms with Gasteiger partial charge in [0.2, 0.25) is 5.88 Å². The Morgan fingerprint density at radius 2 is 2.24 bits per heavy atom. The van der Waals surface area contributed by atoms with Crippen molar-refractivity contribution < 1.29 is 4.74 Å². The number of ether oxygens (including phenoxy) is 1. The summed E-state index contributed by atoms with van der Waals surface area (Å²) in [5.74, 6) is 0.657. The van der Waals surface area contributed by atoms with E-state index in [1.807, 2.05) is 38.4 Å². The first-order valence-electron chi connectivity index (χ1n) is 5.73. The quantitative estimate of drug-likeness (QED) is 0.859. The average molecular weight is 231 g/mol. The number of pyridine rings is 1. The van der Waals surface area contributed by atoms with Crippen molar-refractivity contribution in [3.05, 3.63) is 42.4 Å². The van der Waals surface area contributed by atoms with E-state index in [2.05, 4.69) is 20.9 Å². The van der Waals surface area contributed by atoms with Gasteiger partial charge in [-0.3, -0.25) is 0 Å². The highest BCUT2D eigenvalue weighted by atomic mass is 16.5. The van der Waals surface area contributed by atoms with Crippen LogP contribution in [0.2, 0.25) is 0 Å². The molecule has 2 heterocycles. The third-order valence-electron chi connectivity index (χ3n) is 2.56. The van der Waals surface area contributed by atoms with E-state index >= 15 is 0 Å². The zero-order valence-electron chi connectivity index (χ0n) is 10.2. The van der Waals surface area contributed by atoms with E-state index in [-0.39, 0.29) is 0 Å². The number of nitrogens with zero attached hydrogens (tertiary/aromatic N) is 2. The van der Waals surface area contributed by atoms with Gasteiger partial charge in [-0.05, 0) is 31.2 Å². The number of rotatable bonds is 5. The van der Waals surface area contributed by atoms with Crippen LogP contribution in [0.1, 0.15) is 12.6 Å². The van der Waals surface area contributed by atoms with Gasteiger partial charge in [-0.2, -0.15) is 0 Å². The number of anilines is 1. The minimum atomic E-state index is 0.621. The van der Waals surface area contributed by atoms with Crippen molar-refractivity contribution in [1.82, 2.24) is 9.55 Å². The van der Waals surface area contributed by atoms with E-state index < -0.39 is 0 Å². The molecule has 17 heavy (non-hydrogen) atoms. The lowest BCUT2D eigenvalue weighted by molar-refractivity contribution is 0.328. The van der Waals surface area contributed by atoms with Crippen LogP contribution in [0.5, 0.6) is 5.88 Å². The smallest absolute Gasteiger partial charge is 0.237 e. The molecular formula is C13H17N3O. The first-order chi connectivity index (χ1) is 8.31. The molecule has 0 atom stereocenters. The molecule has 0 fully saturated rings. The largest absolute Gasteiger partial charge is 0.476 e. The molecule has 2 rings (SSSR count). The summed E-state index contributed by atoms with van der Waals surface area (Å²) >= 11 is 0. The van der Waals surface area contributed by atoms with Crippen LogP contribution in [-0.4, -0.2) is 16.2 Å². The molecular weight excluding hydrogens is 214 g/mol. The molecule has 2 aromatic heterocycles. The number of nitrogens with one attached hydrogen (secondary N) is 1. The van der Waals surface area contributed by atoms with Gasteiger partial charge in [0.25, 0.3) is 0 Å². The fourth-order valence-electron chi connectivity index (χ4n) is 1.64. The number of hydrogen-bond acceptors (Lipinski definition) is 3. The zero-order chi connectivity index (χ0) is 12.1. The van der Waals surface area contributed by atoms with Crippen molar-refractivity contribution in [2.75, 3.05) is 11.9 Å². The fraction of sp³-hybridized carbons (Fsp3) is 0.308. The molecule has 4 heteroatoms. The Labute approximate surface area is 101 Å². The molecule has 4 nitrogen and oxygen atoms in total. The van der Waals surface area contributed by atoms with Gasteiger partial charge in [0, 0.05) is 25.1 Å². The minimum absolute atomic E-state index is 0.621. The summed E-state index contributed by atoms with van der Waals surface area (Å²) in [4.78, 5) is 4.20. The first-order valence-corrected chi connectivity index (χ1v) is 5.73. The van der Waals surface area contributed by atoms with Crippen LogP contribution in [0.15, 0.2) is 36.7 Å². The summed E-state index contributed by atoms with van der Waals surface area (Å²) in [6.07, 6.45) is 3.77. The molecule has 0 aromatic carbocycles. The average Bonchev–Trinajstić information content (AvgIpc) is 2.74. The molecule has 0 bridgehead atoms. The highest BCUT2D eigenvalue weighted by Crippen LogP contribution is 2.21. The molecule has 0 aliphatic carbocycles. The van der Waals surface area contributed by atoms with E-state index in [4.69, 9.17) is 4.74 Å². The van der Waals surface area contributed by atoms with Crippen molar-refractivity contribution in [2.45, 2.75) is 13.5 Å². The molecule has 0 saturated heterocycles. The number of hydrogen-bond donors (Lipinski definition) is 1. The van der Waals surface area contributed by atoms with Crippen LogP contribution in [0, 0.1) is 0 Å². The second-order valence-electron chi connectivity index (χ2n) is 3.75. The van der Waals surface area contributed by atoms with Gasteiger partial charge >= 0.3 is 0 Å². The number of aromatic nitrogens is 2. The van der Waals surface area contributed by atoms with Gasteiger partial charge in [-0.1, -0.05) is 0 Å². The molecule has 0 aliphatic heterocycles. The Hall–Kier alpha value is -1.97. The van der Waals surface area contributed by atoms with Crippen LogP contribution in [0.4, 0.5) is 5.69 Å². The van der Waals surface area contributed by atoms with Crippen molar-refractivity contribution in [3.63, 3.8) is 0 Å². The van der Waals surface area contributed by atoms with Crippen LogP contribution in [0.3, 0.4) is 0 Å². The Balaban J connectivity index is 2.06. The van der Waals surface area contributed by atoms with Crippen LogP contribution >= 0.6 is 0 Å². The van der Waals surface area contributed by atoms with E-state index in [1.165, 1.54) is 5.69 Å². The summed E-state index contributed by atoms with van der Waals surface area (Å²) in [6, 6.07) is 7.99. The Morgan fingerprint density at radius 3 is 2.94 bits per heavy atom. The second-order valence-corrected chi connectivity index (χ2v) is 3.75. The van der Waals surface area contributed by atoms with Crippen LogP contribution < -0.4 is 10.1 Å². The summed E-state index contributed by atoms with van der Waals surface area (Å²) < 4.78 is 7.54. The van der Waals surface area contributed by atoms with Crippen molar-refractivity contribution in [2.24, 2.45) is 7.05 Å². The monoisotopic (exact) mass is 231 g/mol. The third kappa shape index (κ3) is 2.78. The summed E-state index contributed by atoms with van der Waals surface area (Å²) in [5.41, 5.74) is 2.15. The van der Waals surface area contributed by atoms with Gasteiger partial charge in [0.05, 0.1) is 18.8 Å². The third-order valence-corrected chi connectivity index (χ3v) is 2.56. The van der Waals surface area contributed by atoms with Crippen molar-refractivity contribution >= 4 is 5.69 Å². The fourth-order valence-corrected chi connectivity index (χ4v) is 1.64. The second kappa shape index (κ2) is 5.39. The maximum atomic E-state index is 5.46. The number of aryl methyl sites for hydroxylation is 1. The van der Waals surface area contributed by atoms with E-state index in [9.17, 15) is 0 Å². The molecule has 1 N–H and O–H groups in total. The molecule has 0 spiro atoms. The maximum Gasteiger partial charge on any atom is 0.237 e. The predicted octanol–water partition coefficient (Wildman–Crippen LogP) is 2.43. The van der Waals surface area contributed by atoms with Gasteiger partial charge in [-0.15, -0.1) is 0 Å². The van der Waals surface area contributed by atoms with Crippen LogP contribution in [-0.2, 0) is 13.6 Å². The van der Waals surface area contributed by atoms with Gasteiger partial charge in [0.1, 0.15) is 0 Å². The molecule has 2 aromatic rings. The molecule has 0 radical (unpaired) electrons. The van der Waals surface area contributed by atoms with Gasteiger partial charge in [0.15, 0.2) is 0 Å². The molecule has 0 saturated carbocycles. The standard InChI is InChI=1S/C13H17N3O/c1-3-17-13-12(7-4-8-14-13)15-10-11-6-5-9-16(11)2/h4-9,15H,3,10H2,1-2H3. The molecule has 90 valence electrons. The molecule has 0 unspecified atom stereocenters. The zero-order valence-corrected chi connectivity index (χ0v) is 10.2. The Morgan fingerprint density at radius 1 is 1.35 bits per heavy atom. The topological polar surface area (TPSA) is 39.1 Å². The van der Waals surface area contributed by atoms with Gasteiger partial charge < -0.3 is 14.6 Å². The lowest BCUT2D eigenvalue weighted by Gasteiger charge is -2.11. The van der Waals surface area contributed by atoms with E-state index in [0.29, 0.717) is 12.5 Å². The highest BCUT2D eigenvalue weighted by molar-refractivity contribution is 5.52. The van der Waals surface area contributed by atoms with Crippen LogP contribution in [0.25, 0.3) is 0 Å². The van der Waals surface area contributed by atoms with Gasteiger partial charge in [-0.25, -0.2) is 4.98 Å². The lowest BCUT2D eigenvalue weighted by Crippen LogP contribution is -2.06. The Bertz CT molecular complexity index is 479. The molecule has 0 aliphatic rings.